The summed E-state index contributed by atoms with van der Waals surface area (Å²) in [7, 11) is 0. The lowest BCUT2D eigenvalue weighted by atomic mass is 9.83. The number of nitrogens with two attached hydrogens (primary N) is 1. The summed E-state index contributed by atoms with van der Waals surface area (Å²) >= 11 is 0. The lowest BCUT2D eigenvalue weighted by Crippen LogP contribution is -2.21. The first-order valence-electron chi connectivity index (χ1n) is 9.53. The number of nitriles is 1. The average molecular weight is 396 g/mol. The first kappa shape index (κ1) is 19.3. The van der Waals surface area contributed by atoms with Crippen LogP contribution in [0.2, 0.25) is 0 Å². The minimum atomic E-state index is -0.456. The van der Waals surface area contributed by atoms with Gasteiger partial charge in [0.05, 0.1) is 11.5 Å². The summed E-state index contributed by atoms with van der Waals surface area (Å²) in [6.07, 6.45) is 0. The molecule has 1 atom stereocenters. The van der Waals surface area contributed by atoms with E-state index in [0.717, 1.165) is 22.3 Å². The molecule has 148 valence electrons. The van der Waals surface area contributed by atoms with E-state index < -0.39 is 5.97 Å². The SMILES string of the molecule is Cc1ccc(C(=O)Oc2ccc3c(c2)OC(N)=C(C#N)C3c2ccc(C)cc2)cc1. The Morgan fingerprint density at radius 3 is 2.27 bits per heavy atom. The summed E-state index contributed by atoms with van der Waals surface area (Å²) < 4.78 is 11.2. The highest BCUT2D eigenvalue weighted by molar-refractivity contribution is 5.91. The second-order valence-electron chi connectivity index (χ2n) is 7.29. The number of rotatable bonds is 3. The number of ether oxygens (including phenoxy) is 2. The van der Waals surface area contributed by atoms with Gasteiger partial charge in [0.15, 0.2) is 0 Å². The Kier molecular flexibility index (Phi) is 4.99. The predicted molar refractivity (Wildman–Crippen MR) is 113 cm³/mol. The van der Waals surface area contributed by atoms with Crippen molar-refractivity contribution in [3.8, 4) is 17.6 Å². The van der Waals surface area contributed by atoms with Gasteiger partial charge in [0, 0.05) is 11.6 Å². The van der Waals surface area contributed by atoms with Crippen molar-refractivity contribution in [3.05, 3.63) is 106 Å². The summed E-state index contributed by atoms with van der Waals surface area (Å²) in [6, 6.07) is 22.4. The molecular weight excluding hydrogens is 376 g/mol. The number of allylic oxidation sites excluding steroid dienone is 1. The molecule has 0 amide bonds. The van der Waals surface area contributed by atoms with Crippen LogP contribution < -0.4 is 15.2 Å². The number of esters is 1. The fraction of sp³-hybridized carbons (Fsp3) is 0.120. The molecule has 30 heavy (non-hydrogen) atoms. The lowest BCUT2D eigenvalue weighted by molar-refractivity contribution is 0.0734. The van der Waals surface area contributed by atoms with E-state index in [4.69, 9.17) is 15.2 Å². The third-order valence-corrected chi connectivity index (χ3v) is 5.10. The molecule has 0 bridgehead atoms. The molecule has 0 saturated carbocycles. The molecule has 5 nitrogen and oxygen atoms in total. The van der Waals surface area contributed by atoms with Crippen molar-refractivity contribution in [2.45, 2.75) is 19.8 Å². The standard InChI is InChI=1S/C25H20N2O3/c1-15-3-7-17(8-4-15)23-20-12-11-19(13-22(20)30-24(27)21(23)14-26)29-25(28)18-9-5-16(2)6-10-18/h3-13,23H,27H2,1-2H3. The molecule has 4 rings (SSSR count). The van der Waals surface area contributed by atoms with Gasteiger partial charge in [-0.05, 0) is 37.6 Å². The maximum absolute atomic E-state index is 12.4. The van der Waals surface area contributed by atoms with Crippen LogP contribution in [0.15, 0.2) is 78.2 Å². The van der Waals surface area contributed by atoms with Crippen molar-refractivity contribution >= 4 is 5.97 Å². The molecule has 3 aromatic rings. The molecule has 0 spiro atoms. The van der Waals surface area contributed by atoms with Crippen LogP contribution in [0.1, 0.15) is 38.5 Å². The Hall–Kier alpha value is -4.04. The molecule has 1 heterocycles. The van der Waals surface area contributed by atoms with Gasteiger partial charge in [0.1, 0.15) is 23.1 Å². The molecule has 2 N–H and O–H groups in total. The number of benzene rings is 3. The number of carbonyl (C=O) groups is 1. The minimum absolute atomic E-state index is 0.0533. The van der Waals surface area contributed by atoms with Crippen molar-refractivity contribution in [3.63, 3.8) is 0 Å². The number of fused-ring (bicyclic) bond motifs is 1. The quantitative estimate of drug-likeness (QED) is 0.510. The van der Waals surface area contributed by atoms with Gasteiger partial charge in [0.25, 0.3) is 0 Å². The molecule has 1 aliphatic heterocycles. The molecule has 5 heteroatoms. The van der Waals surface area contributed by atoms with E-state index in [9.17, 15) is 10.1 Å². The molecule has 0 saturated heterocycles. The Morgan fingerprint density at radius 2 is 1.63 bits per heavy atom. The van der Waals surface area contributed by atoms with Crippen molar-refractivity contribution < 1.29 is 14.3 Å². The number of hydrogen-bond acceptors (Lipinski definition) is 5. The van der Waals surface area contributed by atoms with Crippen LogP contribution in [0, 0.1) is 25.2 Å². The Bertz CT molecular complexity index is 1190. The lowest BCUT2D eigenvalue weighted by Gasteiger charge is -2.26. The molecule has 0 aromatic heterocycles. The molecule has 0 fully saturated rings. The van der Waals surface area contributed by atoms with E-state index in [0.29, 0.717) is 22.6 Å². The van der Waals surface area contributed by atoms with Crippen LogP contribution >= 0.6 is 0 Å². The van der Waals surface area contributed by atoms with E-state index in [1.54, 1.807) is 30.3 Å². The highest BCUT2D eigenvalue weighted by Crippen LogP contribution is 2.43. The minimum Gasteiger partial charge on any atom is -0.440 e. The van der Waals surface area contributed by atoms with Gasteiger partial charge in [-0.25, -0.2) is 4.79 Å². The normalized spacial score (nSPS) is 15.0. The molecule has 1 aliphatic rings. The highest BCUT2D eigenvalue weighted by atomic mass is 16.5. The number of nitrogens with zero attached hydrogens (tertiary/aromatic N) is 1. The fourth-order valence-corrected chi connectivity index (χ4v) is 3.46. The van der Waals surface area contributed by atoms with E-state index >= 15 is 0 Å². The van der Waals surface area contributed by atoms with E-state index in [1.807, 2.05) is 50.2 Å². The first-order valence-corrected chi connectivity index (χ1v) is 9.53. The number of carbonyl (C=O) groups excluding carboxylic acids is 1. The zero-order valence-corrected chi connectivity index (χ0v) is 16.7. The smallest absolute Gasteiger partial charge is 0.343 e. The van der Waals surface area contributed by atoms with Crippen LogP contribution in [0.3, 0.4) is 0 Å². The van der Waals surface area contributed by atoms with Gasteiger partial charge in [0.2, 0.25) is 5.88 Å². The van der Waals surface area contributed by atoms with Gasteiger partial charge in [-0.3, -0.25) is 0 Å². The van der Waals surface area contributed by atoms with Crippen molar-refractivity contribution in [1.29, 1.82) is 5.26 Å². The molecule has 3 aromatic carbocycles. The number of hydrogen-bond donors (Lipinski definition) is 1. The van der Waals surface area contributed by atoms with E-state index in [-0.39, 0.29) is 11.8 Å². The van der Waals surface area contributed by atoms with Crippen molar-refractivity contribution in [1.82, 2.24) is 0 Å². The maximum atomic E-state index is 12.4. The van der Waals surface area contributed by atoms with Crippen LogP contribution in [-0.2, 0) is 0 Å². The van der Waals surface area contributed by atoms with Crippen LogP contribution in [0.25, 0.3) is 0 Å². The monoisotopic (exact) mass is 396 g/mol. The van der Waals surface area contributed by atoms with Gasteiger partial charge in [-0.1, -0.05) is 53.6 Å². The van der Waals surface area contributed by atoms with Gasteiger partial charge in [-0.2, -0.15) is 5.26 Å². The second kappa shape index (κ2) is 7.76. The zero-order valence-electron chi connectivity index (χ0n) is 16.7. The first-order chi connectivity index (χ1) is 14.5. The molecule has 1 unspecified atom stereocenters. The predicted octanol–water partition coefficient (Wildman–Crippen LogP) is 4.74. The van der Waals surface area contributed by atoms with Crippen LogP contribution in [0.5, 0.6) is 11.5 Å². The summed E-state index contributed by atoms with van der Waals surface area (Å²) in [4.78, 5) is 12.4. The van der Waals surface area contributed by atoms with Crippen LogP contribution in [0.4, 0.5) is 0 Å². The summed E-state index contributed by atoms with van der Waals surface area (Å²) in [6.45, 7) is 3.96. The van der Waals surface area contributed by atoms with Crippen molar-refractivity contribution in [2.75, 3.05) is 0 Å². The Labute approximate surface area is 175 Å². The van der Waals surface area contributed by atoms with Gasteiger partial charge >= 0.3 is 5.97 Å². The second-order valence-corrected chi connectivity index (χ2v) is 7.29. The topological polar surface area (TPSA) is 85.3 Å². The Balaban J connectivity index is 1.68. The average Bonchev–Trinajstić information content (AvgIpc) is 2.74. The summed E-state index contributed by atoms with van der Waals surface area (Å²) in [5.74, 6) is 0.0577. The third kappa shape index (κ3) is 3.63. The van der Waals surface area contributed by atoms with Crippen LogP contribution in [-0.4, -0.2) is 5.97 Å². The molecular formula is C25H20N2O3. The summed E-state index contributed by atoms with van der Waals surface area (Å²) in [5.41, 5.74) is 10.8. The van der Waals surface area contributed by atoms with E-state index in [1.165, 1.54) is 0 Å². The Morgan fingerprint density at radius 1 is 1.00 bits per heavy atom. The van der Waals surface area contributed by atoms with Crippen molar-refractivity contribution in [2.24, 2.45) is 5.73 Å². The number of aryl methyl sites for hydroxylation is 2. The van der Waals surface area contributed by atoms with Gasteiger partial charge < -0.3 is 15.2 Å². The molecule has 0 aliphatic carbocycles. The van der Waals surface area contributed by atoms with Gasteiger partial charge in [-0.15, -0.1) is 0 Å². The largest absolute Gasteiger partial charge is 0.440 e. The zero-order chi connectivity index (χ0) is 21.3. The fourth-order valence-electron chi connectivity index (χ4n) is 3.46. The highest BCUT2D eigenvalue weighted by Gasteiger charge is 2.31. The summed E-state index contributed by atoms with van der Waals surface area (Å²) in [5, 5.41) is 9.66. The maximum Gasteiger partial charge on any atom is 0.343 e. The molecule has 0 radical (unpaired) electrons. The van der Waals surface area contributed by atoms with E-state index in [2.05, 4.69) is 6.07 Å². The third-order valence-electron chi connectivity index (χ3n) is 5.10.